The van der Waals surface area contributed by atoms with Crippen LogP contribution in [0.4, 0.5) is 0 Å². The molecular weight excluding hydrogens is 370 g/mol. The zero-order valence-corrected chi connectivity index (χ0v) is 13.2. The molecule has 18 heavy (non-hydrogen) atoms. The van der Waals surface area contributed by atoms with Crippen LogP contribution in [0.5, 0.6) is 0 Å². The third-order valence-corrected chi connectivity index (χ3v) is 4.69. The Morgan fingerprint density at radius 1 is 1.61 bits per heavy atom. The van der Waals surface area contributed by atoms with Crippen LogP contribution >= 0.6 is 31.9 Å². The van der Waals surface area contributed by atoms with E-state index in [4.69, 9.17) is 4.74 Å². The van der Waals surface area contributed by atoms with Gasteiger partial charge in [-0.2, -0.15) is 0 Å². The summed E-state index contributed by atoms with van der Waals surface area (Å²) in [4.78, 5) is 16.8. The van der Waals surface area contributed by atoms with Gasteiger partial charge in [-0.3, -0.25) is 15.1 Å². The maximum absolute atomic E-state index is 11.0. The van der Waals surface area contributed by atoms with E-state index in [1.807, 2.05) is 4.90 Å². The molecule has 0 bridgehead atoms. The molecule has 0 aliphatic carbocycles. The highest BCUT2D eigenvalue weighted by Gasteiger charge is 2.48. The minimum Gasteiger partial charge on any atom is -0.381 e. The van der Waals surface area contributed by atoms with Gasteiger partial charge in [0.25, 0.3) is 0 Å². The first-order valence-electron chi connectivity index (χ1n) is 5.83. The van der Waals surface area contributed by atoms with Crippen molar-refractivity contribution in [1.29, 1.82) is 0 Å². The van der Waals surface area contributed by atoms with Crippen molar-refractivity contribution >= 4 is 37.7 Å². The highest BCUT2D eigenvalue weighted by atomic mass is 79.9. The lowest BCUT2D eigenvalue weighted by Crippen LogP contribution is -2.46. The van der Waals surface area contributed by atoms with Crippen LogP contribution in [0, 0.1) is 22.0 Å². The number of nitro groups is 1. The van der Waals surface area contributed by atoms with Gasteiger partial charge in [-0.1, -0.05) is 6.92 Å². The maximum atomic E-state index is 11.0. The number of hydrogen-bond donors (Lipinski definition) is 0. The van der Waals surface area contributed by atoms with E-state index in [0.29, 0.717) is 24.2 Å². The first-order chi connectivity index (χ1) is 8.43. The molecule has 0 amide bonds. The predicted octanol–water partition coefficient (Wildman–Crippen LogP) is 1.70. The van der Waals surface area contributed by atoms with Crippen molar-refractivity contribution in [1.82, 2.24) is 4.90 Å². The van der Waals surface area contributed by atoms with Gasteiger partial charge in [0.15, 0.2) is 0 Å². The number of hydrogen-bond acceptors (Lipinski definition) is 5. The van der Waals surface area contributed by atoms with Crippen LogP contribution in [0.15, 0.2) is 4.99 Å². The second kappa shape index (κ2) is 5.42. The van der Waals surface area contributed by atoms with Crippen molar-refractivity contribution < 1.29 is 9.66 Å². The van der Waals surface area contributed by atoms with E-state index in [1.54, 1.807) is 0 Å². The Balaban J connectivity index is 2.05. The molecule has 1 saturated heterocycles. The second-order valence-electron chi connectivity index (χ2n) is 4.72. The van der Waals surface area contributed by atoms with E-state index in [9.17, 15) is 10.1 Å². The summed E-state index contributed by atoms with van der Waals surface area (Å²) in [5, 5.41) is 11.0. The molecular formula is C10H15Br2N3O3. The fraction of sp³-hybridized carbons (Fsp3) is 0.900. The Morgan fingerprint density at radius 2 is 2.33 bits per heavy atom. The topological polar surface area (TPSA) is 68.0 Å². The fourth-order valence-corrected chi connectivity index (χ4v) is 3.00. The Bertz CT molecular complexity index is 375. The summed E-state index contributed by atoms with van der Waals surface area (Å²) in [6.07, 6.45) is 0. The summed E-state index contributed by atoms with van der Waals surface area (Å²) in [6.45, 7) is 5.73. The number of alkyl halides is 2. The van der Waals surface area contributed by atoms with Crippen molar-refractivity contribution in [3.05, 3.63) is 10.1 Å². The Morgan fingerprint density at radius 3 is 2.89 bits per heavy atom. The molecule has 102 valence electrons. The molecule has 0 aromatic carbocycles. The molecule has 0 saturated carbocycles. The summed E-state index contributed by atoms with van der Waals surface area (Å²) in [6, 6.07) is 0. The molecule has 0 aromatic heterocycles. The van der Waals surface area contributed by atoms with Gasteiger partial charge in [0.1, 0.15) is 0 Å². The Hall–Kier alpha value is -0.210. The molecule has 2 aliphatic rings. The van der Waals surface area contributed by atoms with E-state index >= 15 is 0 Å². The van der Waals surface area contributed by atoms with E-state index in [0.717, 1.165) is 26.3 Å². The molecule has 2 rings (SSSR count). The summed E-state index contributed by atoms with van der Waals surface area (Å²) in [5.41, 5.74) is 0. The van der Waals surface area contributed by atoms with Crippen molar-refractivity contribution in [3.8, 4) is 0 Å². The standard InChI is InChI=1S/C10H15Br2N3O3/c1-7-5-18-6-8(7)4-14-3-2-13-9(14)10(11,12)15(16)17/h7-8H,2-6H2,1H3. The average Bonchev–Trinajstić information content (AvgIpc) is 2.89. The molecule has 2 unspecified atom stereocenters. The van der Waals surface area contributed by atoms with Crippen LogP contribution in [0.2, 0.25) is 0 Å². The molecule has 0 radical (unpaired) electrons. The highest BCUT2D eigenvalue weighted by molar-refractivity contribution is 9.25. The van der Waals surface area contributed by atoms with Gasteiger partial charge >= 0.3 is 3.36 Å². The van der Waals surface area contributed by atoms with Crippen LogP contribution in [-0.4, -0.2) is 51.9 Å². The molecule has 6 nitrogen and oxygen atoms in total. The largest absolute Gasteiger partial charge is 0.382 e. The van der Waals surface area contributed by atoms with Crippen LogP contribution in [-0.2, 0) is 4.74 Å². The fourth-order valence-electron chi connectivity index (χ4n) is 2.25. The SMILES string of the molecule is CC1COCC1CN1CCN=C1C(Br)(Br)[N+](=O)[O-]. The van der Waals surface area contributed by atoms with Crippen molar-refractivity contribution in [2.75, 3.05) is 32.8 Å². The predicted molar refractivity (Wildman–Crippen MR) is 74.9 cm³/mol. The lowest BCUT2D eigenvalue weighted by Gasteiger charge is -2.27. The summed E-state index contributed by atoms with van der Waals surface area (Å²) < 4.78 is 3.95. The smallest absolute Gasteiger partial charge is 0.381 e. The van der Waals surface area contributed by atoms with Gasteiger partial charge < -0.3 is 9.64 Å². The third kappa shape index (κ3) is 2.70. The first-order valence-corrected chi connectivity index (χ1v) is 7.41. The molecule has 1 fully saturated rings. The second-order valence-corrected chi connectivity index (χ2v) is 8.08. The van der Waals surface area contributed by atoms with Crippen LogP contribution < -0.4 is 0 Å². The summed E-state index contributed by atoms with van der Waals surface area (Å²) in [7, 11) is 0. The highest BCUT2D eigenvalue weighted by Crippen LogP contribution is 2.33. The monoisotopic (exact) mass is 383 g/mol. The van der Waals surface area contributed by atoms with Gasteiger partial charge in [0, 0.05) is 57.5 Å². The van der Waals surface area contributed by atoms with Crippen LogP contribution in [0.3, 0.4) is 0 Å². The van der Waals surface area contributed by atoms with Gasteiger partial charge in [-0.05, 0) is 5.92 Å². The normalized spacial score (nSPS) is 28.6. The lowest BCUT2D eigenvalue weighted by molar-refractivity contribution is -0.486. The average molecular weight is 385 g/mol. The minimum absolute atomic E-state index is 0.413. The quantitative estimate of drug-likeness (QED) is 0.320. The van der Waals surface area contributed by atoms with E-state index in [2.05, 4.69) is 43.8 Å². The molecule has 2 aliphatic heterocycles. The number of nitrogens with zero attached hydrogens (tertiary/aromatic N) is 3. The molecule has 2 atom stereocenters. The van der Waals surface area contributed by atoms with Crippen molar-refractivity contribution in [2.24, 2.45) is 16.8 Å². The number of aliphatic imine (C=N–C) groups is 1. The van der Waals surface area contributed by atoms with Gasteiger partial charge in [0.05, 0.1) is 18.1 Å². The van der Waals surface area contributed by atoms with E-state index in [-0.39, 0.29) is 0 Å². The molecule has 0 aromatic rings. The molecule has 0 spiro atoms. The van der Waals surface area contributed by atoms with E-state index < -0.39 is 8.28 Å². The number of halogens is 2. The molecule has 8 heteroatoms. The number of rotatable bonds is 4. The summed E-state index contributed by atoms with van der Waals surface area (Å²) in [5.74, 6) is 1.35. The number of ether oxygens (including phenoxy) is 1. The minimum atomic E-state index is -1.47. The zero-order valence-electron chi connectivity index (χ0n) is 10.0. The maximum Gasteiger partial charge on any atom is 0.382 e. The van der Waals surface area contributed by atoms with Gasteiger partial charge in [-0.25, -0.2) is 0 Å². The van der Waals surface area contributed by atoms with Crippen molar-refractivity contribution in [3.63, 3.8) is 0 Å². The lowest BCUT2D eigenvalue weighted by atomic mass is 9.97. The zero-order chi connectivity index (χ0) is 13.3. The Kier molecular flexibility index (Phi) is 4.28. The molecule has 0 N–H and O–H groups in total. The van der Waals surface area contributed by atoms with Gasteiger partial charge in [0.2, 0.25) is 5.84 Å². The van der Waals surface area contributed by atoms with E-state index in [1.165, 1.54) is 0 Å². The number of amidine groups is 1. The van der Waals surface area contributed by atoms with Gasteiger partial charge in [-0.15, -0.1) is 0 Å². The first kappa shape index (κ1) is 14.2. The van der Waals surface area contributed by atoms with Crippen LogP contribution in [0.1, 0.15) is 6.92 Å². The third-order valence-electron chi connectivity index (χ3n) is 3.40. The Labute approximate surface area is 122 Å². The van der Waals surface area contributed by atoms with Crippen LogP contribution in [0.25, 0.3) is 0 Å². The summed E-state index contributed by atoms with van der Waals surface area (Å²) >= 11 is 6.18. The molecule has 2 heterocycles. The van der Waals surface area contributed by atoms with Crippen molar-refractivity contribution in [2.45, 2.75) is 10.3 Å².